The van der Waals surface area contributed by atoms with Crippen molar-refractivity contribution in [3.63, 3.8) is 0 Å². The highest BCUT2D eigenvalue weighted by Gasteiger charge is 2.24. The number of methoxy groups -OCH3 is 1. The number of ether oxygens (including phenoxy) is 1. The van der Waals surface area contributed by atoms with Gasteiger partial charge < -0.3 is 14.5 Å². The van der Waals surface area contributed by atoms with Gasteiger partial charge in [0, 0.05) is 42.2 Å². The van der Waals surface area contributed by atoms with E-state index in [9.17, 15) is 13.2 Å². The number of anilines is 1. The molecule has 0 aliphatic rings. The zero-order chi connectivity index (χ0) is 21.5. The molecule has 1 aromatic heterocycles. The molecule has 1 amide bonds. The van der Waals surface area contributed by atoms with Gasteiger partial charge in [0.2, 0.25) is 10.0 Å². The van der Waals surface area contributed by atoms with E-state index in [-0.39, 0.29) is 16.2 Å². The molecule has 0 fully saturated rings. The van der Waals surface area contributed by atoms with Crippen molar-refractivity contribution in [2.24, 2.45) is 0 Å². The van der Waals surface area contributed by atoms with Crippen LogP contribution in [0.15, 0.2) is 70.0 Å². The van der Waals surface area contributed by atoms with Gasteiger partial charge in [-0.15, -0.1) is 0 Å². The van der Waals surface area contributed by atoms with Crippen LogP contribution in [0.4, 0.5) is 5.69 Å². The summed E-state index contributed by atoms with van der Waals surface area (Å²) in [6, 6.07) is 17.4. The summed E-state index contributed by atoms with van der Waals surface area (Å²) < 4.78 is 37.2. The predicted molar refractivity (Wildman–Crippen MR) is 116 cm³/mol. The van der Waals surface area contributed by atoms with Crippen LogP contribution >= 0.6 is 0 Å². The summed E-state index contributed by atoms with van der Waals surface area (Å²) in [5, 5.41) is 4.74. The molecule has 0 spiro atoms. The number of nitrogens with one attached hydrogen (secondary N) is 1. The van der Waals surface area contributed by atoms with E-state index in [0.29, 0.717) is 11.3 Å². The van der Waals surface area contributed by atoms with Crippen LogP contribution in [0.2, 0.25) is 0 Å². The summed E-state index contributed by atoms with van der Waals surface area (Å²) in [5.74, 6) is -0.271. The Bertz CT molecular complexity index is 1370. The first-order chi connectivity index (χ1) is 14.3. The molecular formula is C22H20N2O5S. The first-order valence-corrected chi connectivity index (χ1v) is 10.6. The highest BCUT2D eigenvalue weighted by molar-refractivity contribution is 7.89. The van der Waals surface area contributed by atoms with E-state index < -0.39 is 15.9 Å². The van der Waals surface area contributed by atoms with Crippen LogP contribution in [0, 0.1) is 0 Å². The number of benzene rings is 3. The Labute approximate surface area is 173 Å². The van der Waals surface area contributed by atoms with Gasteiger partial charge >= 0.3 is 0 Å². The maximum Gasteiger partial charge on any atom is 0.255 e. The lowest BCUT2D eigenvalue weighted by atomic mass is 10.1. The number of sulfonamides is 1. The lowest BCUT2D eigenvalue weighted by Gasteiger charge is -2.15. The summed E-state index contributed by atoms with van der Waals surface area (Å²) >= 11 is 0. The molecule has 154 valence electrons. The Morgan fingerprint density at radius 3 is 2.43 bits per heavy atom. The van der Waals surface area contributed by atoms with Crippen LogP contribution in [0.3, 0.4) is 0 Å². The van der Waals surface area contributed by atoms with Crippen LogP contribution in [0.25, 0.3) is 21.9 Å². The van der Waals surface area contributed by atoms with Crippen molar-refractivity contribution in [1.82, 2.24) is 4.31 Å². The maximum absolute atomic E-state index is 12.8. The third-order valence-corrected chi connectivity index (χ3v) is 6.66. The van der Waals surface area contributed by atoms with Gasteiger partial charge in [0.05, 0.1) is 7.11 Å². The predicted octanol–water partition coefficient (Wildman–Crippen LogP) is 4.10. The summed E-state index contributed by atoms with van der Waals surface area (Å²) in [4.78, 5) is 12.7. The molecule has 0 saturated carbocycles. The monoisotopic (exact) mass is 424 g/mol. The maximum atomic E-state index is 12.8. The Morgan fingerprint density at radius 2 is 1.70 bits per heavy atom. The van der Waals surface area contributed by atoms with Gasteiger partial charge in [0.25, 0.3) is 5.91 Å². The molecule has 30 heavy (non-hydrogen) atoms. The van der Waals surface area contributed by atoms with E-state index in [1.807, 2.05) is 30.3 Å². The molecule has 1 N–H and O–H groups in total. The van der Waals surface area contributed by atoms with Gasteiger partial charge in [-0.05, 0) is 36.4 Å². The lowest BCUT2D eigenvalue weighted by molar-refractivity contribution is 0.102. The van der Waals surface area contributed by atoms with Crippen LogP contribution in [-0.2, 0) is 10.0 Å². The van der Waals surface area contributed by atoms with Gasteiger partial charge in [-0.2, -0.15) is 0 Å². The number of amides is 1. The number of carbonyl (C=O) groups is 1. The third kappa shape index (κ3) is 3.40. The summed E-state index contributed by atoms with van der Waals surface area (Å²) in [7, 11) is 0.444. The molecule has 0 saturated heterocycles. The number of hydrogen-bond acceptors (Lipinski definition) is 5. The normalized spacial score (nSPS) is 11.9. The van der Waals surface area contributed by atoms with Crippen molar-refractivity contribution in [3.05, 3.63) is 66.2 Å². The van der Waals surface area contributed by atoms with Gasteiger partial charge in [-0.25, -0.2) is 12.7 Å². The number of hydrogen-bond donors (Lipinski definition) is 1. The Balaban J connectivity index is 1.67. The highest BCUT2D eigenvalue weighted by Crippen LogP contribution is 2.31. The minimum Gasteiger partial charge on any atom is -0.495 e. The Hall–Kier alpha value is -3.36. The molecule has 8 heteroatoms. The SMILES string of the molecule is COc1ccc(C(=O)Nc2ccc3c(c2)oc2ccccc23)cc1S(=O)(=O)N(C)C. The molecule has 0 radical (unpaired) electrons. The molecule has 0 unspecified atom stereocenters. The van der Waals surface area contributed by atoms with Gasteiger partial charge in [0.15, 0.2) is 0 Å². The zero-order valence-electron chi connectivity index (χ0n) is 16.7. The van der Waals surface area contributed by atoms with E-state index in [2.05, 4.69) is 5.32 Å². The number of furan rings is 1. The number of para-hydroxylation sites is 1. The van der Waals surface area contributed by atoms with Crippen LogP contribution in [-0.4, -0.2) is 39.8 Å². The van der Waals surface area contributed by atoms with Crippen molar-refractivity contribution in [3.8, 4) is 5.75 Å². The molecule has 3 aromatic carbocycles. The summed E-state index contributed by atoms with van der Waals surface area (Å²) in [5.41, 5.74) is 2.16. The molecule has 0 atom stereocenters. The van der Waals surface area contributed by atoms with E-state index in [1.165, 1.54) is 39.4 Å². The number of nitrogens with zero attached hydrogens (tertiary/aromatic N) is 1. The van der Waals surface area contributed by atoms with Crippen molar-refractivity contribution in [2.45, 2.75) is 4.90 Å². The van der Waals surface area contributed by atoms with Crippen molar-refractivity contribution < 1.29 is 22.4 Å². The topological polar surface area (TPSA) is 88.8 Å². The lowest BCUT2D eigenvalue weighted by Crippen LogP contribution is -2.23. The molecular weight excluding hydrogens is 404 g/mol. The zero-order valence-corrected chi connectivity index (χ0v) is 17.5. The van der Waals surface area contributed by atoms with E-state index in [1.54, 1.807) is 12.1 Å². The standard InChI is InChI=1S/C22H20N2O5S/c1-24(2)30(26,27)21-12-14(8-11-19(21)28-3)22(25)23-15-9-10-17-16-6-4-5-7-18(16)29-20(17)13-15/h4-13H,1-3H3,(H,23,25). The second kappa shape index (κ2) is 7.47. The van der Waals surface area contributed by atoms with Gasteiger partial charge in [0.1, 0.15) is 21.8 Å². The van der Waals surface area contributed by atoms with Gasteiger partial charge in [-0.3, -0.25) is 4.79 Å². The van der Waals surface area contributed by atoms with Crippen LogP contribution in [0.5, 0.6) is 5.75 Å². The van der Waals surface area contributed by atoms with E-state index >= 15 is 0 Å². The minimum absolute atomic E-state index is 0.0737. The van der Waals surface area contributed by atoms with Crippen LogP contribution in [0.1, 0.15) is 10.4 Å². The van der Waals surface area contributed by atoms with E-state index in [4.69, 9.17) is 9.15 Å². The Morgan fingerprint density at radius 1 is 0.967 bits per heavy atom. The molecule has 0 bridgehead atoms. The second-order valence-electron chi connectivity index (χ2n) is 6.92. The second-order valence-corrected chi connectivity index (χ2v) is 9.04. The van der Waals surface area contributed by atoms with Crippen molar-refractivity contribution >= 4 is 43.6 Å². The average molecular weight is 424 g/mol. The minimum atomic E-state index is -3.78. The molecule has 4 rings (SSSR count). The van der Waals surface area contributed by atoms with Gasteiger partial charge in [-0.1, -0.05) is 18.2 Å². The van der Waals surface area contributed by atoms with Crippen molar-refractivity contribution in [1.29, 1.82) is 0 Å². The highest BCUT2D eigenvalue weighted by atomic mass is 32.2. The largest absolute Gasteiger partial charge is 0.495 e. The fourth-order valence-electron chi connectivity index (χ4n) is 3.22. The van der Waals surface area contributed by atoms with Crippen molar-refractivity contribution in [2.75, 3.05) is 26.5 Å². The fraction of sp³-hybridized carbons (Fsp3) is 0.136. The molecule has 7 nitrogen and oxygen atoms in total. The number of fused-ring (bicyclic) bond motifs is 3. The smallest absolute Gasteiger partial charge is 0.255 e. The number of carbonyl (C=O) groups excluding carboxylic acids is 1. The van der Waals surface area contributed by atoms with Crippen LogP contribution < -0.4 is 10.1 Å². The summed E-state index contributed by atoms with van der Waals surface area (Å²) in [6.45, 7) is 0. The fourth-order valence-corrected chi connectivity index (χ4v) is 4.30. The molecule has 0 aliphatic heterocycles. The van der Waals surface area contributed by atoms with E-state index in [0.717, 1.165) is 20.7 Å². The quantitative estimate of drug-likeness (QED) is 0.521. The first kappa shape index (κ1) is 19.9. The average Bonchev–Trinajstić information content (AvgIpc) is 3.10. The Kier molecular flexibility index (Phi) is 4.97. The summed E-state index contributed by atoms with van der Waals surface area (Å²) in [6.07, 6.45) is 0. The molecule has 1 heterocycles. The number of rotatable bonds is 5. The first-order valence-electron chi connectivity index (χ1n) is 9.14. The molecule has 0 aliphatic carbocycles. The molecule has 4 aromatic rings. The third-order valence-electron chi connectivity index (χ3n) is 4.82.